The van der Waals surface area contributed by atoms with Crippen molar-refractivity contribution in [2.24, 2.45) is 0 Å². The SMILES string of the molecule is COc1ccc(/C=C2\C[C@@H](COCc3ccccc3)OC2=O)cc1OC. The molecule has 0 spiro atoms. The van der Waals surface area contributed by atoms with Crippen molar-refractivity contribution in [3.05, 3.63) is 65.2 Å². The molecule has 26 heavy (non-hydrogen) atoms. The topological polar surface area (TPSA) is 54.0 Å². The van der Waals surface area contributed by atoms with E-state index >= 15 is 0 Å². The van der Waals surface area contributed by atoms with Crippen LogP contribution in [0.3, 0.4) is 0 Å². The second kappa shape index (κ2) is 8.54. The van der Waals surface area contributed by atoms with E-state index in [1.54, 1.807) is 14.2 Å². The molecule has 1 atom stereocenters. The highest BCUT2D eigenvalue weighted by atomic mass is 16.6. The summed E-state index contributed by atoms with van der Waals surface area (Å²) in [5.74, 6) is 0.972. The first-order chi connectivity index (χ1) is 12.7. The summed E-state index contributed by atoms with van der Waals surface area (Å²) >= 11 is 0. The van der Waals surface area contributed by atoms with Gasteiger partial charge in [0.05, 0.1) is 27.4 Å². The molecular weight excluding hydrogens is 332 g/mol. The maximum absolute atomic E-state index is 12.1. The fourth-order valence-electron chi connectivity index (χ4n) is 2.83. The van der Waals surface area contributed by atoms with Crippen molar-refractivity contribution in [1.82, 2.24) is 0 Å². The van der Waals surface area contributed by atoms with E-state index in [1.165, 1.54) is 0 Å². The fraction of sp³-hybridized carbons (Fsp3) is 0.286. The Morgan fingerprint density at radius 3 is 2.58 bits per heavy atom. The molecule has 1 saturated heterocycles. The Hall–Kier alpha value is -2.79. The number of cyclic esters (lactones) is 1. The van der Waals surface area contributed by atoms with Crippen molar-refractivity contribution in [3.8, 4) is 11.5 Å². The minimum Gasteiger partial charge on any atom is -0.493 e. The second-order valence-electron chi connectivity index (χ2n) is 6.02. The average molecular weight is 354 g/mol. The fourth-order valence-corrected chi connectivity index (χ4v) is 2.83. The Labute approximate surface area is 153 Å². The van der Waals surface area contributed by atoms with E-state index in [4.69, 9.17) is 18.9 Å². The molecular formula is C21H22O5. The minimum absolute atomic E-state index is 0.252. The Morgan fingerprint density at radius 1 is 1.08 bits per heavy atom. The van der Waals surface area contributed by atoms with Crippen LogP contribution < -0.4 is 9.47 Å². The first-order valence-corrected chi connectivity index (χ1v) is 8.45. The van der Waals surface area contributed by atoms with Gasteiger partial charge in [-0.3, -0.25) is 0 Å². The first kappa shape index (κ1) is 18.0. The molecule has 0 N–H and O–H groups in total. The number of hydrogen-bond donors (Lipinski definition) is 0. The van der Waals surface area contributed by atoms with Crippen molar-refractivity contribution in [1.29, 1.82) is 0 Å². The zero-order valence-electron chi connectivity index (χ0n) is 14.9. The molecule has 2 aromatic carbocycles. The van der Waals surface area contributed by atoms with Gasteiger partial charge in [-0.15, -0.1) is 0 Å². The lowest BCUT2D eigenvalue weighted by Crippen LogP contribution is -2.14. The summed E-state index contributed by atoms with van der Waals surface area (Å²) in [6.07, 6.45) is 2.10. The third-order valence-corrected chi connectivity index (χ3v) is 4.15. The van der Waals surface area contributed by atoms with Crippen molar-refractivity contribution in [2.45, 2.75) is 19.1 Å². The maximum Gasteiger partial charge on any atom is 0.334 e. The summed E-state index contributed by atoms with van der Waals surface area (Å²) in [5, 5.41) is 0. The largest absolute Gasteiger partial charge is 0.493 e. The quantitative estimate of drug-likeness (QED) is 0.561. The average Bonchev–Trinajstić information content (AvgIpc) is 3.01. The number of esters is 1. The highest BCUT2D eigenvalue weighted by Crippen LogP contribution is 2.30. The predicted molar refractivity (Wildman–Crippen MR) is 98.1 cm³/mol. The lowest BCUT2D eigenvalue weighted by atomic mass is 10.1. The molecule has 3 rings (SSSR count). The van der Waals surface area contributed by atoms with Crippen LogP contribution in [-0.4, -0.2) is 32.9 Å². The summed E-state index contributed by atoms with van der Waals surface area (Å²) in [5.41, 5.74) is 2.59. The lowest BCUT2D eigenvalue weighted by molar-refractivity contribution is -0.141. The van der Waals surface area contributed by atoms with Crippen LogP contribution in [-0.2, 0) is 20.9 Å². The highest BCUT2D eigenvalue weighted by Gasteiger charge is 2.29. The molecule has 1 heterocycles. The minimum atomic E-state index is -0.298. The Kier molecular flexibility index (Phi) is 5.92. The highest BCUT2D eigenvalue weighted by molar-refractivity contribution is 5.95. The normalized spacial score (nSPS) is 18.0. The lowest BCUT2D eigenvalue weighted by Gasteiger charge is -2.09. The van der Waals surface area contributed by atoms with Crippen molar-refractivity contribution >= 4 is 12.0 Å². The number of rotatable bonds is 7. The molecule has 1 aliphatic heterocycles. The van der Waals surface area contributed by atoms with Gasteiger partial charge in [-0.2, -0.15) is 0 Å². The third kappa shape index (κ3) is 4.43. The second-order valence-corrected chi connectivity index (χ2v) is 6.02. The van der Waals surface area contributed by atoms with Gasteiger partial charge in [-0.1, -0.05) is 36.4 Å². The van der Waals surface area contributed by atoms with E-state index in [9.17, 15) is 4.79 Å². The molecule has 0 bridgehead atoms. The molecule has 0 aromatic heterocycles. The van der Waals surface area contributed by atoms with Crippen LogP contribution in [0.4, 0.5) is 0 Å². The molecule has 0 aliphatic carbocycles. The van der Waals surface area contributed by atoms with E-state index in [-0.39, 0.29) is 12.1 Å². The number of methoxy groups -OCH3 is 2. The third-order valence-electron chi connectivity index (χ3n) is 4.15. The van der Waals surface area contributed by atoms with Crippen LogP contribution in [0.2, 0.25) is 0 Å². The number of carbonyl (C=O) groups excluding carboxylic acids is 1. The van der Waals surface area contributed by atoms with Gasteiger partial charge in [-0.25, -0.2) is 4.79 Å². The monoisotopic (exact) mass is 354 g/mol. The van der Waals surface area contributed by atoms with E-state index < -0.39 is 0 Å². The summed E-state index contributed by atoms with van der Waals surface area (Å²) in [6, 6.07) is 15.4. The summed E-state index contributed by atoms with van der Waals surface area (Å²) in [7, 11) is 3.17. The van der Waals surface area contributed by atoms with Gasteiger partial charge in [-0.05, 0) is 29.3 Å². The van der Waals surface area contributed by atoms with Crippen molar-refractivity contribution < 1.29 is 23.7 Å². The van der Waals surface area contributed by atoms with Gasteiger partial charge < -0.3 is 18.9 Å². The summed E-state index contributed by atoms with van der Waals surface area (Å²) < 4.78 is 21.6. The van der Waals surface area contributed by atoms with Crippen LogP contribution in [0.15, 0.2) is 54.1 Å². The van der Waals surface area contributed by atoms with E-state index in [0.29, 0.717) is 36.7 Å². The molecule has 5 nitrogen and oxygen atoms in total. The predicted octanol–water partition coefficient (Wildman–Crippen LogP) is 3.62. The standard InChI is InChI=1S/C21H22O5/c1-23-19-9-8-16(11-20(19)24-2)10-17-12-18(26-21(17)22)14-25-13-15-6-4-3-5-7-15/h3-11,18H,12-14H2,1-2H3/b17-10+/t18-/m0/s1. The molecule has 0 saturated carbocycles. The smallest absolute Gasteiger partial charge is 0.334 e. The summed E-state index contributed by atoms with van der Waals surface area (Å²) in [4.78, 5) is 12.1. The Morgan fingerprint density at radius 2 is 1.85 bits per heavy atom. The van der Waals surface area contributed by atoms with Crippen LogP contribution in [0, 0.1) is 0 Å². The molecule has 0 amide bonds. The molecule has 1 fully saturated rings. The summed E-state index contributed by atoms with van der Waals surface area (Å²) in [6.45, 7) is 0.882. The van der Waals surface area contributed by atoms with E-state index in [2.05, 4.69) is 0 Å². The van der Waals surface area contributed by atoms with Gasteiger partial charge in [0, 0.05) is 12.0 Å². The van der Waals surface area contributed by atoms with E-state index in [1.807, 2.05) is 54.6 Å². The molecule has 1 aliphatic rings. The van der Waals surface area contributed by atoms with E-state index in [0.717, 1.165) is 11.1 Å². The Bertz CT molecular complexity index is 782. The molecule has 2 aromatic rings. The first-order valence-electron chi connectivity index (χ1n) is 8.45. The number of carbonyl (C=O) groups is 1. The van der Waals surface area contributed by atoms with Crippen LogP contribution >= 0.6 is 0 Å². The van der Waals surface area contributed by atoms with Crippen LogP contribution in [0.25, 0.3) is 6.08 Å². The number of hydrogen-bond acceptors (Lipinski definition) is 5. The van der Waals surface area contributed by atoms with Gasteiger partial charge in [0.15, 0.2) is 11.5 Å². The molecule has 0 radical (unpaired) electrons. The van der Waals surface area contributed by atoms with Crippen molar-refractivity contribution in [2.75, 3.05) is 20.8 Å². The number of ether oxygens (including phenoxy) is 4. The van der Waals surface area contributed by atoms with Gasteiger partial charge in [0.25, 0.3) is 0 Å². The van der Waals surface area contributed by atoms with Gasteiger partial charge in [0.2, 0.25) is 0 Å². The zero-order chi connectivity index (χ0) is 18.4. The molecule has 0 unspecified atom stereocenters. The van der Waals surface area contributed by atoms with Crippen LogP contribution in [0.5, 0.6) is 11.5 Å². The number of benzene rings is 2. The van der Waals surface area contributed by atoms with Gasteiger partial charge in [0.1, 0.15) is 6.10 Å². The Balaban J connectivity index is 1.59. The zero-order valence-corrected chi connectivity index (χ0v) is 14.9. The van der Waals surface area contributed by atoms with Crippen molar-refractivity contribution in [3.63, 3.8) is 0 Å². The maximum atomic E-state index is 12.1. The van der Waals surface area contributed by atoms with Crippen LogP contribution in [0.1, 0.15) is 17.5 Å². The van der Waals surface area contributed by atoms with Gasteiger partial charge >= 0.3 is 5.97 Å². The molecule has 136 valence electrons. The molecule has 5 heteroatoms.